The first-order valence-corrected chi connectivity index (χ1v) is 8.88. The van der Waals surface area contributed by atoms with Crippen LogP contribution in [-0.4, -0.2) is 37.0 Å². The van der Waals surface area contributed by atoms with Gasteiger partial charge >= 0.3 is 0 Å². The molecule has 1 aliphatic heterocycles. The molecule has 1 saturated heterocycles. The van der Waals surface area contributed by atoms with Crippen LogP contribution in [0, 0.1) is 17.8 Å². The van der Waals surface area contributed by atoms with E-state index in [9.17, 15) is 4.79 Å². The second-order valence-corrected chi connectivity index (χ2v) is 7.51. The van der Waals surface area contributed by atoms with Gasteiger partial charge in [0.05, 0.1) is 0 Å². The van der Waals surface area contributed by atoms with Gasteiger partial charge in [-0.15, -0.1) is 0 Å². The monoisotopic (exact) mass is 318 g/mol. The third kappa shape index (κ3) is 2.60. The smallest absolute Gasteiger partial charge is 0.226 e. The van der Waals surface area contributed by atoms with Crippen molar-refractivity contribution in [3.63, 3.8) is 0 Å². The number of nitrogens with zero attached hydrogens (tertiary/aromatic N) is 2. The minimum Gasteiger partial charge on any atom is -0.368 e. The molecule has 1 aromatic carbocycles. The van der Waals surface area contributed by atoms with Gasteiger partial charge in [0, 0.05) is 42.8 Å². The molecule has 2 aliphatic carbocycles. The Bertz CT molecular complexity index is 551. The first-order valence-electron chi connectivity index (χ1n) is 8.50. The lowest BCUT2D eigenvalue weighted by Crippen LogP contribution is -2.51. The summed E-state index contributed by atoms with van der Waals surface area (Å²) < 4.78 is 0. The van der Waals surface area contributed by atoms with Crippen molar-refractivity contribution in [3.05, 3.63) is 29.3 Å². The summed E-state index contributed by atoms with van der Waals surface area (Å²) in [5.74, 6) is 2.30. The van der Waals surface area contributed by atoms with Gasteiger partial charge in [-0.3, -0.25) is 4.79 Å². The Morgan fingerprint density at radius 1 is 1.00 bits per heavy atom. The van der Waals surface area contributed by atoms with Crippen molar-refractivity contribution in [3.8, 4) is 0 Å². The van der Waals surface area contributed by atoms with Crippen LogP contribution in [0.5, 0.6) is 0 Å². The predicted octanol–water partition coefficient (Wildman–Crippen LogP) is 3.42. The summed E-state index contributed by atoms with van der Waals surface area (Å²) in [4.78, 5) is 17.2. The van der Waals surface area contributed by atoms with Gasteiger partial charge in [0.15, 0.2) is 0 Å². The largest absolute Gasteiger partial charge is 0.368 e. The van der Waals surface area contributed by atoms with E-state index in [4.69, 9.17) is 11.6 Å². The van der Waals surface area contributed by atoms with Crippen LogP contribution < -0.4 is 4.90 Å². The van der Waals surface area contributed by atoms with Crippen LogP contribution in [0.15, 0.2) is 24.3 Å². The van der Waals surface area contributed by atoms with Gasteiger partial charge in [-0.1, -0.05) is 18.0 Å². The average molecular weight is 319 g/mol. The van der Waals surface area contributed by atoms with Crippen LogP contribution >= 0.6 is 11.6 Å². The number of rotatable bonds is 2. The van der Waals surface area contributed by atoms with Crippen LogP contribution in [0.1, 0.15) is 25.7 Å². The van der Waals surface area contributed by atoms with Crippen LogP contribution in [0.3, 0.4) is 0 Å². The minimum absolute atomic E-state index is 0.334. The van der Waals surface area contributed by atoms with Crippen molar-refractivity contribution in [2.24, 2.45) is 17.8 Å². The Kier molecular flexibility index (Phi) is 3.77. The Morgan fingerprint density at radius 3 is 2.32 bits per heavy atom. The number of amides is 1. The minimum atomic E-state index is 0.334. The SMILES string of the molecule is O=C(C1CC2CCC1C2)N1CCN(c2ccc(Cl)cc2)CC1. The number of benzene rings is 1. The number of piperazine rings is 1. The molecule has 3 fully saturated rings. The topological polar surface area (TPSA) is 23.6 Å². The number of carbonyl (C=O) groups is 1. The maximum Gasteiger partial charge on any atom is 0.226 e. The molecule has 4 heteroatoms. The Morgan fingerprint density at radius 2 is 1.73 bits per heavy atom. The molecule has 1 aromatic rings. The van der Waals surface area contributed by atoms with Crippen LogP contribution in [0.4, 0.5) is 5.69 Å². The Labute approximate surface area is 137 Å². The summed E-state index contributed by atoms with van der Waals surface area (Å²) in [5, 5.41) is 0.772. The molecule has 1 amide bonds. The molecule has 3 unspecified atom stereocenters. The van der Waals surface area contributed by atoms with E-state index in [1.165, 1.54) is 24.9 Å². The van der Waals surface area contributed by atoms with Crippen molar-refractivity contribution in [2.75, 3.05) is 31.1 Å². The molecule has 22 heavy (non-hydrogen) atoms. The highest BCUT2D eigenvalue weighted by atomic mass is 35.5. The number of anilines is 1. The van der Waals surface area contributed by atoms with Crippen molar-refractivity contribution in [1.82, 2.24) is 4.90 Å². The predicted molar refractivity (Wildman–Crippen MR) is 89.2 cm³/mol. The quantitative estimate of drug-likeness (QED) is 0.834. The zero-order valence-electron chi connectivity index (χ0n) is 12.9. The second-order valence-electron chi connectivity index (χ2n) is 7.07. The summed E-state index contributed by atoms with van der Waals surface area (Å²) in [5.41, 5.74) is 1.21. The van der Waals surface area contributed by atoms with Gasteiger partial charge in [-0.05, 0) is 55.4 Å². The molecule has 2 bridgehead atoms. The molecule has 2 saturated carbocycles. The molecule has 0 radical (unpaired) electrons. The maximum absolute atomic E-state index is 12.8. The van der Waals surface area contributed by atoms with E-state index in [0.717, 1.165) is 43.5 Å². The zero-order valence-corrected chi connectivity index (χ0v) is 13.6. The fourth-order valence-electron chi connectivity index (χ4n) is 4.62. The molecule has 3 atom stereocenters. The lowest BCUT2D eigenvalue weighted by Gasteiger charge is -2.38. The number of hydrogen-bond acceptors (Lipinski definition) is 2. The molecule has 3 aliphatic rings. The Hall–Kier alpha value is -1.22. The summed E-state index contributed by atoms with van der Waals surface area (Å²) in [6.07, 6.45) is 5.10. The third-order valence-corrected chi connectivity index (χ3v) is 6.09. The van der Waals surface area contributed by atoms with Crippen molar-refractivity contribution in [2.45, 2.75) is 25.7 Å². The van der Waals surface area contributed by atoms with Gasteiger partial charge in [-0.2, -0.15) is 0 Å². The van der Waals surface area contributed by atoms with E-state index in [1.807, 2.05) is 12.1 Å². The van der Waals surface area contributed by atoms with E-state index in [1.54, 1.807) is 0 Å². The third-order valence-electron chi connectivity index (χ3n) is 5.84. The first kappa shape index (κ1) is 14.4. The molecule has 0 aromatic heterocycles. The lowest BCUT2D eigenvalue weighted by molar-refractivity contribution is -0.137. The van der Waals surface area contributed by atoms with Crippen molar-refractivity contribution in [1.29, 1.82) is 0 Å². The van der Waals surface area contributed by atoms with Crippen LogP contribution in [-0.2, 0) is 4.79 Å². The molecule has 1 heterocycles. The molecule has 0 spiro atoms. The highest BCUT2D eigenvalue weighted by molar-refractivity contribution is 6.30. The summed E-state index contributed by atoms with van der Waals surface area (Å²) in [6.45, 7) is 3.56. The van der Waals surface area contributed by atoms with E-state index in [2.05, 4.69) is 21.9 Å². The van der Waals surface area contributed by atoms with Crippen LogP contribution in [0.25, 0.3) is 0 Å². The molecular formula is C18H23ClN2O. The fraction of sp³-hybridized carbons (Fsp3) is 0.611. The summed E-state index contributed by atoms with van der Waals surface area (Å²) >= 11 is 5.95. The molecule has 0 N–H and O–H groups in total. The number of halogens is 1. The van der Waals surface area contributed by atoms with E-state index >= 15 is 0 Å². The standard InChI is InChI=1S/C18H23ClN2O/c19-15-3-5-16(6-4-15)20-7-9-21(10-8-20)18(22)17-12-13-1-2-14(17)11-13/h3-6,13-14,17H,1-2,7-12H2. The van der Waals surface area contributed by atoms with Gasteiger partial charge in [0.1, 0.15) is 0 Å². The lowest BCUT2D eigenvalue weighted by atomic mass is 9.87. The van der Waals surface area contributed by atoms with E-state index in [0.29, 0.717) is 17.7 Å². The van der Waals surface area contributed by atoms with Crippen LogP contribution in [0.2, 0.25) is 5.02 Å². The zero-order chi connectivity index (χ0) is 15.1. The second kappa shape index (κ2) is 5.77. The van der Waals surface area contributed by atoms with Gasteiger partial charge in [0.2, 0.25) is 5.91 Å². The highest BCUT2D eigenvalue weighted by Crippen LogP contribution is 2.48. The average Bonchev–Trinajstić information content (AvgIpc) is 3.18. The number of carbonyl (C=O) groups excluding carboxylic acids is 1. The maximum atomic E-state index is 12.8. The number of fused-ring (bicyclic) bond motifs is 2. The fourth-order valence-corrected chi connectivity index (χ4v) is 4.74. The van der Waals surface area contributed by atoms with Gasteiger partial charge < -0.3 is 9.80 Å². The summed E-state index contributed by atoms with van der Waals surface area (Å²) in [7, 11) is 0. The molecule has 118 valence electrons. The number of hydrogen-bond donors (Lipinski definition) is 0. The van der Waals surface area contributed by atoms with E-state index in [-0.39, 0.29) is 0 Å². The van der Waals surface area contributed by atoms with Gasteiger partial charge in [0.25, 0.3) is 0 Å². The molecule has 4 rings (SSSR count). The summed E-state index contributed by atoms with van der Waals surface area (Å²) in [6, 6.07) is 8.00. The van der Waals surface area contributed by atoms with Crippen molar-refractivity contribution >= 4 is 23.2 Å². The van der Waals surface area contributed by atoms with Crippen molar-refractivity contribution < 1.29 is 4.79 Å². The first-order chi connectivity index (χ1) is 10.7. The molecular weight excluding hydrogens is 296 g/mol. The van der Waals surface area contributed by atoms with Gasteiger partial charge in [-0.25, -0.2) is 0 Å². The Balaban J connectivity index is 1.35. The molecule has 3 nitrogen and oxygen atoms in total. The normalized spacial score (nSPS) is 30.9. The van der Waals surface area contributed by atoms with E-state index < -0.39 is 0 Å². The highest BCUT2D eigenvalue weighted by Gasteiger charge is 2.44.